The Morgan fingerprint density at radius 2 is 1.76 bits per heavy atom. The van der Waals surface area contributed by atoms with Gasteiger partial charge in [0.25, 0.3) is 0 Å². The molecule has 188 valence electrons. The van der Waals surface area contributed by atoms with E-state index in [9.17, 15) is 19.3 Å². The molecule has 4 aromatic rings. The fourth-order valence-corrected chi connectivity index (χ4v) is 4.92. The van der Waals surface area contributed by atoms with Gasteiger partial charge in [-0.2, -0.15) is 0 Å². The highest BCUT2D eigenvalue weighted by Crippen LogP contribution is 2.48. The summed E-state index contributed by atoms with van der Waals surface area (Å²) in [7, 11) is 1.30. The smallest absolute Gasteiger partial charge is 0.353 e. The van der Waals surface area contributed by atoms with Crippen molar-refractivity contribution in [3.8, 4) is 22.7 Å². The van der Waals surface area contributed by atoms with Gasteiger partial charge in [-0.05, 0) is 43.9 Å². The molecule has 0 radical (unpaired) electrons. The molecule has 2 aliphatic rings. The minimum Gasteiger partial charge on any atom is -0.496 e. The van der Waals surface area contributed by atoms with Crippen LogP contribution in [0.25, 0.3) is 28.0 Å². The second kappa shape index (κ2) is 8.55. The Balaban J connectivity index is 1.78. The van der Waals surface area contributed by atoms with Crippen molar-refractivity contribution in [2.75, 3.05) is 7.11 Å². The van der Waals surface area contributed by atoms with Crippen molar-refractivity contribution in [3.05, 3.63) is 79.1 Å². The highest BCUT2D eigenvalue weighted by Gasteiger charge is 2.38. The van der Waals surface area contributed by atoms with Gasteiger partial charge in [0.15, 0.2) is 5.82 Å². The lowest BCUT2D eigenvalue weighted by Gasteiger charge is -2.18. The van der Waals surface area contributed by atoms with Gasteiger partial charge in [-0.25, -0.2) is 23.7 Å². The van der Waals surface area contributed by atoms with E-state index in [0.717, 1.165) is 42.4 Å². The molecule has 6 rings (SSSR count). The summed E-state index contributed by atoms with van der Waals surface area (Å²) in [5.74, 6) is -1.69. The van der Waals surface area contributed by atoms with Crippen LogP contribution in [0.4, 0.5) is 14.5 Å². The van der Waals surface area contributed by atoms with Crippen molar-refractivity contribution in [3.63, 3.8) is 0 Å². The van der Waals surface area contributed by atoms with Gasteiger partial charge < -0.3 is 4.74 Å². The number of nitrogens with zero attached hydrogens (tertiary/aromatic N) is 5. The van der Waals surface area contributed by atoms with Crippen LogP contribution >= 0.6 is 11.6 Å². The van der Waals surface area contributed by atoms with Crippen LogP contribution in [0.15, 0.2) is 35.4 Å². The quantitative estimate of drug-likeness (QED) is 0.243. The molecular formula is C25H18ClF2N5O4. The number of halogens is 3. The molecule has 2 fully saturated rings. The van der Waals surface area contributed by atoms with E-state index in [0.29, 0.717) is 17.1 Å². The van der Waals surface area contributed by atoms with Gasteiger partial charge in [-0.3, -0.25) is 19.5 Å². The summed E-state index contributed by atoms with van der Waals surface area (Å²) < 4.78 is 36.7. The predicted octanol–water partition coefficient (Wildman–Crippen LogP) is 5.45. The zero-order chi connectivity index (χ0) is 26.0. The van der Waals surface area contributed by atoms with Crippen LogP contribution in [0, 0.1) is 21.7 Å². The van der Waals surface area contributed by atoms with Gasteiger partial charge in [-0.15, -0.1) is 0 Å². The maximum Gasteiger partial charge on any atom is 0.353 e. The van der Waals surface area contributed by atoms with E-state index >= 15 is 4.39 Å². The number of nitro groups is 1. The maximum absolute atomic E-state index is 15.5. The number of rotatable bonds is 6. The summed E-state index contributed by atoms with van der Waals surface area (Å²) in [6.45, 7) is 0. The third-order valence-corrected chi connectivity index (χ3v) is 7.05. The number of aromatic nitrogens is 4. The number of pyridine rings is 2. The third-order valence-electron chi connectivity index (χ3n) is 6.66. The Bertz CT molecular complexity index is 1650. The Labute approximate surface area is 212 Å². The van der Waals surface area contributed by atoms with Crippen LogP contribution in [0.2, 0.25) is 5.02 Å². The molecule has 37 heavy (non-hydrogen) atoms. The first-order valence-electron chi connectivity index (χ1n) is 11.6. The normalized spacial score (nSPS) is 15.2. The zero-order valence-electron chi connectivity index (χ0n) is 19.4. The molecule has 0 spiro atoms. The van der Waals surface area contributed by atoms with E-state index < -0.39 is 38.5 Å². The zero-order valence-corrected chi connectivity index (χ0v) is 20.1. The first-order valence-corrected chi connectivity index (χ1v) is 12.0. The number of benzene rings is 1. The molecular weight excluding hydrogens is 508 g/mol. The molecule has 0 aliphatic heterocycles. The van der Waals surface area contributed by atoms with E-state index in [2.05, 4.69) is 15.0 Å². The Kier molecular flexibility index (Phi) is 5.41. The van der Waals surface area contributed by atoms with E-state index in [1.165, 1.54) is 25.6 Å². The number of hydrogen-bond donors (Lipinski definition) is 0. The molecule has 2 aliphatic carbocycles. The lowest BCUT2D eigenvalue weighted by Crippen LogP contribution is -2.26. The van der Waals surface area contributed by atoms with Crippen LogP contribution < -0.4 is 10.3 Å². The largest absolute Gasteiger partial charge is 0.496 e. The molecule has 0 amide bonds. The Hall–Kier alpha value is -3.99. The van der Waals surface area contributed by atoms with Gasteiger partial charge in [-0.1, -0.05) is 17.7 Å². The molecule has 3 aromatic heterocycles. The lowest BCUT2D eigenvalue weighted by molar-refractivity contribution is -0.386. The number of fused-ring (bicyclic) bond motifs is 1. The molecule has 0 N–H and O–H groups in total. The van der Waals surface area contributed by atoms with Crippen LogP contribution in [0.1, 0.15) is 48.9 Å². The van der Waals surface area contributed by atoms with Crippen LogP contribution in [0.3, 0.4) is 0 Å². The fraction of sp³-hybridized carbons (Fsp3) is 0.280. The van der Waals surface area contributed by atoms with Crippen LogP contribution in [-0.4, -0.2) is 31.6 Å². The first kappa shape index (κ1) is 23.4. The average Bonchev–Trinajstić information content (AvgIpc) is 3.78. The Morgan fingerprint density at radius 1 is 1.11 bits per heavy atom. The van der Waals surface area contributed by atoms with Crippen LogP contribution in [-0.2, 0) is 0 Å². The van der Waals surface area contributed by atoms with Gasteiger partial charge in [0.2, 0.25) is 0 Å². The molecule has 0 bridgehead atoms. The summed E-state index contributed by atoms with van der Waals surface area (Å²) in [6.07, 6.45) is 4.74. The number of hydrogen-bond acceptors (Lipinski definition) is 7. The summed E-state index contributed by atoms with van der Waals surface area (Å²) in [4.78, 5) is 37.9. The molecule has 12 heteroatoms. The summed E-state index contributed by atoms with van der Waals surface area (Å²) in [5.41, 5.74) is -1.40. The number of ether oxygens (including phenoxy) is 1. The molecule has 0 unspecified atom stereocenters. The SMILES string of the molecule is COc1cccc(F)c1-c1nc2c(cc1F)c(Cl)c([N+](=O)[O-])c(=O)n2-c1c(C2CC2)ncnc1C1CC1. The number of methoxy groups -OCH3 is 1. The van der Waals surface area contributed by atoms with Gasteiger partial charge in [0.05, 0.1) is 34.7 Å². The molecule has 1 aromatic carbocycles. The van der Waals surface area contributed by atoms with Crippen molar-refractivity contribution >= 4 is 28.3 Å². The minimum absolute atomic E-state index is 0.0213. The highest BCUT2D eigenvalue weighted by molar-refractivity contribution is 6.37. The van der Waals surface area contributed by atoms with Crippen molar-refractivity contribution in [1.29, 1.82) is 0 Å². The second-order valence-corrected chi connectivity index (χ2v) is 9.49. The minimum atomic E-state index is -1.05. The first-order chi connectivity index (χ1) is 17.8. The topological polar surface area (TPSA) is 113 Å². The van der Waals surface area contributed by atoms with Crippen molar-refractivity contribution in [2.24, 2.45) is 0 Å². The van der Waals surface area contributed by atoms with Crippen molar-refractivity contribution in [1.82, 2.24) is 19.5 Å². The average molecular weight is 526 g/mol. The molecule has 0 saturated heterocycles. The second-order valence-electron chi connectivity index (χ2n) is 9.11. The van der Waals surface area contributed by atoms with E-state index in [4.69, 9.17) is 16.3 Å². The Morgan fingerprint density at radius 3 is 2.32 bits per heavy atom. The van der Waals surface area contributed by atoms with Crippen LogP contribution in [0.5, 0.6) is 5.75 Å². The summed E-state index contributed by atoms with van der Waals surface area (Å²) >= 11 is 6.30. The third kappa shape index (κ3) is 3.72. The van der Waals surface area contributed by atoms with Crippen molar-refractivity contribution in [2.45, 2.75) is 37.5 Å². The molecule has 0 atom stereocenters. The highest BCUT2D eigenvalue weighted by atomic mass is 35.5. The van der Waals surface area contributed by atoms with E-state index in [1.54, 1.807) is 0 Å². The van der Waals surface area contributed by atoms with Gasteiger partial charge >= 0.3 is 11.2 Å². The molecule has 2 saturated carbocycles. The standard InChI is InChI=1S/C25H18ClF2N5O4/c1-37-16-4-2-3-14(27)17(16)21-15(28)9-13-18(26)22(33(35)36)25(34)32(24(13)31-21)23-19(11-5-6-11)29-10-30-20(23)12-7-8-12/h2-4,9-12H,5-8H2,1H3. The predicted molar refractivity (Wildman–Crippen MR) is 130 cm³/mol. The monoisotopic (exact) mass is 525 g/mol. The van der Waals surface area contributed by atoms with E-state index in [-0.39, 0.29) is 34.2 Å². The maximum atomic E-state index is 15.5. The summed E-state index contributed by atoms with van der Waals surface area (Å²) in [6, 6.07) is 4.89. The fourth-order valence-electron chi connectivity index (χ4n) is 4.63. The molecule has 9 nitrogen and oxygen atoms in total. The van der Waals surface area contributed by atoms with Crippen molar-refractivity contribution < 1.29 is 18.4 Å². The summed E-state index contributed by atoms with van der Waals surface area (Å²) in [5, 5.41) is 11.2. The molecule has 3 heterocycles. The van der Waals surface area contributed by atoms with Gasteiger partial charge in [0, 0.05) is 17.2 Å². The van der Waals surface area contributed by atoms with Gasteiger partial charge in [0.1, 0.15) is 34.3 Å². The van der Waals surface area contributed by atoms with E-state index in [1.807, 2.05) is 0 Å². The lowest BCUT2D eigenvalue weighted by atomic mass is 10.1.